The Kier molecular flexibility index (Phi) is 7.41. The summed E-state index contributed by atoms with van der Waals surface area (Å²) >= 11 is 0. The summed E-state index contributed by atoms with van der Waals surface area (Å²) in [6.07, 6.45) is 2.00. The highest BCUT2D eigenvalue weighted by Crippen LogP contribution is 2.27. The van der Waals surface area contributed by atoms with Crippen LogP contribution >= 0.6 is 0 Å². The van der Waals surface area contributed by atoms with Gasteiger partial charge >= 0.3 is 5.97 Å². The molecule has 0 spiro atoms. The van der Waals surface area contributed by atoms with E-state index in [2.05, 4.69) is 31.3 Å². The number of benzene rings is 2. The van der Waals surface area contributed by atoms with Crippen molar-refractivity contribution < 1.29 is 19.4 Å². The number of carbonyl (C=O) groups excluding carboxylic acids is 1. The van der Waals surface area contributed by atoms with Gasteiger partial charge in [-0.05, 0) is 41.5 Å². The van der Waals surface area contributed by atoms with Crippen LogP contribution in [0.3, 0.4) is 0 Å². The lowest BCUT2D eigenvalue weighted by Crippen LogP contribution is -2.28. The molecular formula is C22H27NO4. The van der Waals surface area contributed by atoms with Gasteiger partial charge in [0, 0.05) is 13.0 Å². The van der Waals surface area contributed by atoms with Gasteiger partial charge in [0.2, 0.25) is 5.91 Å². The molecule has 0 aliphatic rings. The van der Waals surface area contributed by atoms with Crippen LogP contribution in [0.1, 0.15) is 37.8 Å². The number of hydrogen-bond donors (Lipinski definition) is 2. The average Bonchev–Trinajstić information content (AvgIpc) is 2.66. The number of nitrogens with one attached hydrogen (secondary N) is 1. The van der Waals surface area contributed by atoms with E-state index in [4.69, 9.17) is 9.84 Å². The molecule has 0 atom stereocenters. The average molecular weight is 369 g/mol. The first-order valence-corrected chi connectivity index (χ1v) is 9.12. The maximum atomic E-state index is 12.1. The quantitative estimate of drug-likeness (QED) is 0.671. The fourth-order valence-corrected chi connectivity index (χ4v) is 2.79. The molecule has 0 radical (unpaired) electrons. The number of carboxylic acids is 1. The van der Waals surface area contributed by atoms with Gasteiger partial charge in [0.15, 0.2) is 6.61 Å². The normalized spacial score (nSPS) is 11.0. The number of amides is 1. The fourth-order valence-electron chi connectivity index (χ4n) is 2.79. The van der Waals surface area contributed by atoms with Gasteiger partial charge in [0.1, 0.15) is 5.75 Å². The zero-order valence-electron chi connectivity index (χ0n) is 15.9. The molecule has 1 amide bonds. The maximum absolute atomic E-state index is 12.1. The first kappa shape index (κ1) is 20.5. The van der Waals surface area contributed by atoms with Crippen molar-refractivity contribution in [1.82, 2.24) is 5.32 Å². The van der Waals surface area contributed by atoms with Gasteiger partial charge in [-0.3, -0.25) is 4.79 Å². The fraction of sp³-hybridized carbons (Fsp3) is 0.364. The molecule has 2 N–H and O–H groups in total. The van der Waals surface area contributed by atoms with Crippen LogP contribution in [0.2, 0.25) is 0 Å². The minimum Gasteiger partial charge on any atom is -0.482 e. The van der Waals surface area contributed by atoms with Crippen molar-refractivity contribution >= 4 is 11.9 Å². The number of carbonyl (C=O) groups is 2. The molecule has 0 heterocycles. The Morgan fingerprint density at radius 3 is 2.33 bits per heavy atom. The van der Waals surface area contributed by atoms with Gasteiger partial charge < -0.3 is 15.2 Å². The van der Waals surface area contributed by atoms with E-state index in [0.29, 0.717) is 25.1 Å². The van der Waals surface area contributed by atoms with E-state index < -0.39 is 5.97 Å². The lowest BCUT2D eigenvalue weighted by Gasteiger charge is -2.25. The van der Waals surface area contributed by atoms with Crippen LogP contribution < -0.4 is 10.1 Å². The van der Waals surface area contributed by atoms with E-state index in [0.717, 1.165) is 12.0 Å². The van der Waals surface area contributed by atoms with Crippen molar-refractivity contribution in [3.05, 3.63) is 65.7 Å². The molecule has 0 aliphatic carbocycles. The number of ether oxygens (including phenoxy) is 1. The molecule has 5 nitrogen and oxygen atoms in total. The third kappa shape index (κ3) is 7.13. The van der Waals surface area contributed by atoms with E-state index in [1.807, 2.05) is 30.3 Å². The SMILES string of the molecule is CC(C)(CCC(=O)NCCc1ccc(OCC(=O)O)cc1)c1ccccc1. The van der Waals surface area contributed by atoms with Crippen molar-refractivity contribution in [3.63, 3.8) is 0 Å². The second-order valence-corrected chi connectivity index (χ2v) is 7.18. The Bertz CT molecular complexity index is 739. The van der Waals surface area contributed by atoms with Gasteiger partial charge in [-0.15, -0.1) is 0 Å². The second kappa shape index (κ2) is 9.76. The summed E-state index contributed by atoms with van der Waals surface area (Å²) < 4.78 is 5.10. The third-order valence-electron chi connectivity index (χ3n) is 4.55. The molecule has 27 heavy (non-hydrogen) atoms. The van der Waals surface area contributed by atoms with Crippen molar-refractivity contribution in [2.75, 3.05) is 13.2 Å². The summed E-state index contributed by atoms with van der Waals surface area (Å²) in [6, 6.07) is 17.5. The summed E-state index contributed by atoms with van der Waals surface area (Å²) in [4.78, 5) is 22.6. The van der Waals surface area contributed by atoms with Crippen LogP contribution in [0.5, 0.6) is 5.75 Å². The maximum Gasteiger partial charge on any atom is 0.341 e. The largest absolute Gasteiger partial charge is 0.482 e. The Balaban J connectivity index is 1.70. The predicted molar refractivity (Wildman–Crippen MR) is 105 cm³/mol. The second-order valence-electron chi connectivity index (χ2n) is 7.18. The Morgan fingerprint density at radius 2 is 1.70 bits per heavy atom. The highest BCUT2D eigenvalue weighted by molar-refractivity contribution is 5.76. The minimum atomic E-state index is -1.00. The number of rotatable bonds is 10. The zero-order valence-corrected chi connectivity index (χ0v) is 15.9. The number of carboxylic acid groups (broad SMARTS) is 1. The Labute approximate surface area is 160 Å². The monoisotopic (exact) mass is 369 g/mol. The molecule has 144 valence electrons. The molecule has 0 saturated heterocycles. The third-order valence-corrected chi connectivity index (χ3v) is 4.55. The number of hydrogen-bond acceptors (Lipinski definition) is 3. The first-order chi connectivity index (χ1) is 12.9. The van der Waals surface area contributed by atoms with Crippen molar-refractivity contribution in [1.29, 1.82) is 0 Å². The molecule has 0 bridgehead atoms. The number of aliphatic carboxylic acids is 1. The van der Waals surface area contributed by atoms with Gasteiger partial charge in [-0.1, -0.05) is 56.3 Å². The minimum absolute atomic E-state index is 0.0373. The Hall–Kier alpha value is -2.82. The molecule has 0 fully saturated rings. The topological polar surface area (TPSA) is 75.6 Å². The predicted octanol–water partition coefficient (Wildman–Crippen LogP) is 3.57. The van der Waals surface area contributed by atoms with Gasteiger partial charge in [-0.25, -0.2) is 4.79 Å². The molecule has 0 unspecified atom stereocenters. The van der Waals surface area contributed by atoms with Gasteiger partial charge in [-0.2, -0.15) is 0 Å². The van der Waals surface area contributed by atoms with E-state index in [-0.39, 0.29) is 17.9 Å². The zero-order chi connectivity index (χ0) is 19.7. The lowest BCUT2D eigenvalue weighted by atomic mass is 9.80. The molecule has 2 aromatic rings. The smallest absolute Gasteiger partial charge is 0.341 e. The molecule has 2 rings (SSSR count). The van der Waals surface area contributed by atoms with Crippen LogP contribution in [0.25, 0.3) is 0 Å². The highest BCUT2D eigenvalue weighted by atomic mass is 16.5. The van der Waals surface area contributed by atoms with Crippen LogP contribution in [-0.4, -0.2) is 30.1 Å². The van der Waals surface area contributed by atoms with E-state index in [1.54, 1.807) is 12.1 Å². The molecule has 0 aliphatic heterocycles. The molecule has 0 aromatic heterocycles. The van der Waals surface area contributed by atoms with E-state index in [1.165, 1.54) is 5.56 Å². The van der Waals surface area contributed by atoms with Crippen molar-refractivity contribution in [2.24, 2.45) is 0 Å². The van der Waals surface area contributed by atoms with Crippen LogP contribution in [-0.2, 0) is 21.4 Å². The van der Waals surface area contributed by atoms with Crippen LogP contribution in [0.4, 0.5) is 0 Å². The van der Waals surface area contributed by atoms with Gasteiger partial charge in [0.25, 0.3) is 0 Å². The lowest BCUT2D eigenvalue weighted by molar-refractivity contribution is -0.139. The standard InChI is InChI=1S/C22H27NO4/c1-22(2,18-6-4-3-5-7-18)14-12-20(24)23-15-13-17-8-10-19(11-9-17)27-16-21(25)26/h3-11H,12-16H2,1-2H3,(H,23,24)(H,25,26). The molecular weight excluding hydrogens is 342 g/mol. The summed E-state index contributed by atoms with van der Waals surface area (Å²) in [7, 11) is 0. The summed E-state index contributed by atoms with van der Waals surface area (Å²) in [5, 5.41) is 11.6. The highest BCUT2D eigenvalue weighted by Gasteiger charge is 2.21. The van der Waals surface area contributed by atoms with Crippen LogP contribution in [0.15, 0.2) is 54.6 Å². The van der Waals surface area contributed by atoms with Crippen LogP contribution in [0, 0.1) is 0 Å². The van der Waals surface area contributed by atoms with E-state index in [9.17, 15) is 9.59 Å². The molecule has 5 heteroatoms. The Morgan fingerprint density at radius 1 is 1.04 bits per heavy atom. The van der Waals surface area contributed by atoms with E-state index >= 15 is 0 Å². The summed E-state index contributed by atoms with van der Waals surface area (Å²) in [6.45, 7) is 4.53. The summed E-state index contributed by atoms with van der Waals surface area (Å²) in [5.74, 6) is -0.425. The first-order valence-electron chi connectivity index (χ1n) is 9.12. The molecule has 2 aromatic carbocycles. The molecule has 0 saturated carbocycles. The van der Waals surface area contributed by atoms with Crippen molar-refractivity contribution in [2.45, 2.75) is 38.5 Å². The summed E-state index contributed by atoms with van der Waals surface area (Å²) in [5.41, 5.74) is 2.26. The van der Waals surface area contributed by atoms with Gasteiger partial charge in [0.05, 0.1) is 0 Å². The van der Waals surface area contributed by atoms with Crippen molar-refractivity contribution in [3.8, 4) is 5.75 Å².